The van der Waals surface area contributed by atoms with Gasteiger partial charge < -0.3 is 9.64 Å². The van der Waals surface area contributed by atoms with E-state index in [9.17, 15) is 9.59 Å². The summed E-state index contributed by atoms with van der Waals surface area (Å²) in [7, 11) is 1.64. The smallest absolute Gasteiger partial charge is 0.238 e. The van der Waals surface area contributed by atoms with Gasteiger partial charge in [0.1, 0.15) is 5.75 Å². The van der Waals surface area contributed by atoms with Crippen LogP contribution >= 0.6 is 11.8 Å². The second-order valence-electron chi connectivity index (χ2n) is 7.47. The van der Waals surface area contributed by atoms with Crippen molar-refractivity contribution in [1.82, 2.24) is 4.90 Å². The predicted molar refractivity (Wildman–Crippen MR) is 103 cm³/mol. The van der Waals surface area contributed by atoms with Gasteiger partial charge in [-0.1, -0.05) is 12.8 Å². The summed E-state index contributed by atoms with van der Waals surface area (Å²) >= 11 is 1.74. The van der Waals surface area contributed by atoms with Crippen molar-refractivity contribution < 1.29 is 14.3 Å². The topological polar surface area (TPSA) is 49.9 Å². The zero-order valence-electron chi connectivity index (χ0n) is 15.3. The molecule has 2 amide bonds. The number of benzene rings is 1. The zero-order valence-corrected chi connectivity index (χ0v) is 16.1. The molecular weight excluding hydrogens is 348 g/mol. The van der Waals surface area contributed by atoms with Gasteiger partial charge in [0.25, 0.3) is 0 Å². The Morgan fingerprint density at radius 2 is 1.81 bits per heavy atom. The molecule has 1 aliphatic carbocycles. The average molecular weight is 375 g/mol. The molecule has 0 N–H and O–H groups in total. The van der Waals surface area contributed by atoms with Crippen LogP contribution in [-0.2, 0) is 9.59 Å². The van der Waals surface area contributed by atoms with Gasteiger partial charge in [-0.05, 0) is 49.9 Å². The summed E-state index contributed by atoms with van der Waals surface area (Å²) in [5.41, 5.74) is 0.927. The fourth-order valence-electron chi connectivity index (χ4n) is 4.54. The number of amides is 2. The Morgan fingerprint density at radius 3 is 2.42 bits per heavy atom. The Kier molecular flexibility index (Phi) is 4.86. The van der Waals surface area contributed by atoms with E-state index in [-0.39, 0.29) is 16.7 Å². The molecule has 2 heterocycles. The van der Waals surface area contributed by atoms with Gasteiger partial charge in [0.15, 0.2) is 0 Å². The SMILES string of the molecule is COc1ccc(N2C(=O)CSC23CCN(C(=O)C2CCCC2)CC3)cc1. The van der Waals surface area contributed by atoms with Crippen LogP contribution in [0.4, 0.5) is 5.69 Å². The van der Waals surface area contributed by atoms with Crippen molar-refractivity contribution in [2.24, 2.45) is 5.92 Å². The molecule has 140 valence electrons. The van der Waals surface area contributed by atoms with Crippen LogP contribution < -0.4 is 9.64 Å². The van der Waals surface area contributed by atoms with E-state index in [0.717, 1.165) is 50.2 Å². The van der Waals surface area contributed by atoms with E-state index in [1.807, 2.05) is 34.1 Å². The van der Waals surface area contributed by atoms with Gasteiger partial charge in [-0.25, -0.2) is 0 Å². The van der Waals surface area contributed by atoms with Crippen molar-refractivity contribution in [3.63, 3.8) is 0 Å². The number of nitrogens with zero attached hydrogens (tertiary/aromatic N) is 2. The minimum Gasteiger partial charge on any atom is -0.497 e. The Morgan fingerprint density at radius 1 is 1.15 bits per heavy atom. The first-order valence-electron chi connectivity index (χ1n) is 9.53. The first kappa shape index (κ1) is 17.7. The van der Waals surface area contributed by atoms with Crippen molar-refractivity contribution in [3.8, 4) is 5.75 Å². The van der Waals surface area contributed by atoms with Crippen molar-refractivity contribution in [3.05, 3.63) is 24.3 Å². The van der Waals surface area contributed by atoms with Crippen LogP contribution in [0.3, 0.4) is 0 Å². The molecule has 3 aliphatic rings. The number of methoxy groups -OCH3 is 1. The molecule has 1 aromatic carbocycles. The highest BCUT2D eigenvalue weighted by Crippen LogP contribution is 2.47. The lowest BCUT2D eigenvalue weighted by atomic mass is 9.98. The van der Waals surface area contributed by atoms with E-state index in [4.69, 9.17) is 4.74 Å². The van der Waals surface area contributed by atoms with E-state index in [2.05, 4.69) is 0 Å². The number of hydrogen-bond donors (Lipinski definition) is 0. The molecule has 26 heavy (non-hydrogen) atoms. The average Bonchev–Trinajstić information content (AvgIpc) is 3.31. The quantitative estimate of drug-likeness (QED) is 0.815. The summed E-state index contributed by atoms with van der Waals surface area (Å²) in [6.45, 7) is 1.50. The number of hydrogen-bond acceptors (Lipinski definition) is 4. The molecule has 0 bridgehead atoms. The third-order valence-electron chi connectivity index (χ3n) is 6.01. The zero-order chi connectivity index (χ0) is 18.1. The van der Waals surface area contributed by atoms with Gasteiger partial charge >= 0.3 is 0 Å². The van der Waals surface area contributed by atoms with Gasteiger partial charge in [-0.3, -0.25) is 14.5 Å². The fourth-order valence-corrected chi connectivity index (χ4v) is 5.87. The highest BCUT2D eigenvalue weighted by molar-refractivity contribution is 8.02. The first-order valence-corrected chi connectivity index (χ1v) is 10.5. The summed E-state index contributed by atoms with van der Waals surface area (Å²) < 4.78 is 5.23. The van der Waals surface area contributed by atoms with Crippen LogP contribution in [0.5, 0.6) is 5.75 Å². The monoisotopic (exact) mass is 374 g/mol. The predicted octanol–water partition coefficient (Wildman–Crippen LogP) is 3.28. The van der Waals surface area contributed by atoms with Crippen molar-refractivity contribution in [2.75, 3.05) is 30.9 Å². The summed E-state index contributed by atoms with van der Waals surface area (Å²) in [6.07, 6.45) is 6.15. The van der Waals surface area contributed by atoms with Crippen LogP contribution in [0.25, 0.3) is 0 Å². The molecule has 2 saturated heterocycles. The molecule has 4 rings (SSSR count). The molecule has 1 aromatic rings. The molecule has 3 fully saturated rings. The lowest BCUT2D eigenvalue weighted by molar-refractivity contribution is -0.136. The minimum atomic E-state index is -0.210. The maximum atomic E-state index is 12.7. The highest BCUT2D eigenvalue weighted by atomic mass is 32.2. The number of ether oxygens (including phenoxy) is 1. The second kappa shape index (κ2) is 7.14. The number of carbonyl (C=O) groups is 2. The number of thioether (sulfide) groups is 1. The van der Waals surface area contributed by atoms with E-state index >= 15 is 0 Å². The molecule has 0 aromatic heterocycles. The van der Waals surface area contributed by atoms with Gasteiger partial charge in [0.05, 0.1) is 17.7 Å². The highest BCUT2D eigenvalue weighted by Gasteiger charge is 2.49. The number of likely N-dealkylation sites (tertiary alicyclic amines) is 1. The Balaban J connectivity index is 1.48. The number of carbonyl (C=O) groups excluding carboxylic acids is 2. The molecule has 0 unspecified atom stereocenters. The van der Waals surface area contributed by atoms with Crippen LogP contribution in [0.15, 0.2) is 24.3 Å². The Bertz CT molecular complexity index is 677. The summed E-state index contributed by atoms with van der Waals surface area (Å²) in [5, 5.41) is 0. The van der Waals surface area contributed by atoms with E-state index in [1.165, 1.54) is 12.8 Å². The van der Waals surface area contributed by atoms with Crippen LogP contribution in [0, 0.1) is 5.92 Å². The van der Waals surface area contributed by atoms with Crippen molar-refractivity contribution in [2.45, 2.75) is 43.4 Å². The molecule has 0 radical (unpaired) electrons. The van der Waals surface area contributed by atoms with E-state index < -0.39 is 0 Å². The molecule has 0 atom stereocenters. The summed E-state index contributed by atoms with van der Waals surface area (Å²) in [5.74, 6) is 2.04. The standard InChI is InChI=1S/C20H26N2O3S/c1-25-17-8-6-16(7-9-17)22-18(23)14-26-20(22)10-12-21(13-11-20)19(24)15-4-2-3-5-15/h6-9,15H,2-5,10-14H2,1H3. The molecular formula is C20H26N2O3S. The van der Waals surface area contributed by atoms with Gasteiger partial charge in [-0.15, -0.1) is 11.8 Å². The molecule has 6 heteroatoms. The summed E-state index contributed by atoms with van der Waals surface area (Å²) in [4.78, 5) is 29.1. The minimum absolute atomic E-state index is 0.163. The Hall–Kier alpha value is -1.69. The van der Waals surface area contributed by atoms with Crippen molar-refractivity contribution in [1.29, 1.82) is 0 Å². The van der Waals surface area contributed by atoms with Gasteiger partial charge in [-0.2, -0.15) is 0 Å². The normalized spacial score (nSPS) is 23.0. The molecule has 1 spiro atoms. The van der Waals surface area contributed by atoms with E-state index in [1.54, 1.807) is 18.9 Å². The number of anilines is 1. The number of rotatable bonds is 3. The lowest BCUT2D eigenvalue weighted by Crippen LogP contribution is -2.53. The largest absolute Gasteiger partial charge is 0.497 e. The maximum Gasteiger partial charge on any atom is 0.238 e. The van der Waals surface area contributed by atoms with Crippen molar-refractivity contribution >= 4 is 29.3 Å². The van der Waals surface area contributed by atoms with Gasteiger partial charge in [0.2, 0.25) is 11.8 Å². The lowest BCUT2D eigenvalue weighted by Gasteiger charge is -2.44. The van der Waals surface area contributed by atoms with Crippen LogP contribution in [0.1, 0.15) is 38.5 Å². The van der Waals surface area contributed by atoms with Crippen LogP contribution in [0.2, 0.25) is 0 Å². The molecule has 1 saturated carbocycles. The second-order valence-corrected chi connectivity index (χ2v) is 8.81. The molecule has 2 aliphatic heterocycles. The van der Waals surface area contributed by atoms with E-state index in [0.29, 0.717) is 11.7 Å². The third kappa shape index (κ3) is 3.08. The fraction of sp³-hybridized carbons (Fsp3) is 0.600. The van der Waals surface area contributed by atoms with Crippen LogP contribution in [-0.4, -0.2) is 47.5 Å². The maximum absolute atomic E-state index is 12.7. The number of piperidine rings is 1. The van der Waals surface area contributed by atoms with Gasteiger partial charge in [0, 0.05) is 24.7 Å². The third-order valence-corrected chi connectivity index (χ3v) is 7.53. The summed E-state index contributed by atoms with van der Waals surface area (Å²) in [6, 6.07) is 7.72. The molecule has 5 nitrogen and oxygen atoms in total. The Labute approximate surface area is 159 Å². The first-order chi connectivity index (χ1) is 12.6.